The van der Waals surface area contributed by atoms with Crippen molar-refractivity contribution in [1.29, 1.82) is 0 Å². The lowest BCUT2D eigenvalue weighted by Gasteiger charge is -2.20. The molecule has 3 aromatic rings. The van der Waals surface area contributed by atoms with E-state index in [1.165, 1.54) is 6.07 Å². The van der Waals surface area contributed by atoms with Crippen LogP contribution in [-0.2, 0) is 23.1 Å². The molecule has 0 spiro atoms. The molecule has 0 bridgehead atoms. The van der Waals surface area contributed by atoms with Gasteiger partial charge in [-0.05, 0) is 54.7 Å². The molecule has 1 amide bonds. The predicted octanol–water partition coefficient (Wildman–Crippen LogP) is 4.63. The van der Waals surface area contributed by atoms with Gasteiger partial charge >= 0.3 is 0 Å². The van der Waals surface area contributed by atoms with E-state index in [9.17, 15) is 13.2 Å². The fourth-order valence-electron chi connectivity index (χ4n) is 3.33. The highest BCUT2D eigenvalue weighted by atomic mass is 32.2. The van der Waals surface area contributed by atoms with Crippen molar-refractivity contribution >= 4 is 33.0 Å². The van der Waals surface area contributed by atoms with Crippen LogP contribution in [0.1, 0.15) is 40.2 Å². The van der Waals surface area contributed by atoms with Crippen LogP contribution in [0.5, 0.6) is 0 Å². The van der Waals surface area contributed by atoms with Crippen molar-refractivity contribution in [2.45, 2.75) is 38.8 Å². The van der Waals surface area contributed by atoms with Gasteiger partial charge in [-0.2, -0.15) is 0 Å². The average Bonchev–Trinajstić information content (AvgIpc) is 3.29. The Bertz CT molecular complexity index is 1150. The first-order valence-corrected chi connectivity index (χ1v) is 12.9. The van der Waals surface area contributed by atoms with E-state index in [0.29, 0.717) is 12.2 Å². The minimum Gasteiger partial charge on any atom is -0.347 e. The lowest BCUT2D eigenvalue weighted by atomic mass is 10.1. The SMILES string of the molecule is CCN(CC)Cc1ccccc1CNC(=O)c1sccc1S(=O)(=O)Nc1ccc(C)cc1. The number of rotatable bonds is 10. The van der Waals surface area contributed by atoms with Gasteiger partial charge < -0.3 is 5.32 Å². The van der Waals surface area contributed by atoms with Crippen LogP contribution in [-0.4, -0.2) is 32.3 Å². The van der Waals surface area contributed by atoms with Gasteiger partial charge in [0.25, 0.3) is 15.9 Å². The molecule has 32 heavy (non-hydrogen) atoms. The molecule has 0 aliphatic heterocycles. The lowest BCUT2D eigenvalue weighted by Crippen LogP contribution is -2.27. The van der Waals surface area contributed by atoms with E-state index in [2.05, 4.69) is 34.9 Å². The van der Waals surface area contributed by atoms with E-state index < -0.39 is 15.9 Å². The van der Waals surface area contributed by atoms with Gasteiger partial charge in [0, 0.05) is 18.8 Å². The molecule has 0 saturated heterocycles. The molecule has 0 fully saturated rings. The molecular weight excluding hydrogens is 442 g/mol. The van der Waals surface area contributed by atoms with Gasteiger partial charge in [-0.1, -0.05) is 55.8 Å². The zero-order valence-corrected chi connectivity index (χ0v) is 20.2. The number of aryl methyl sites for hydroxylation is 1. The highest BCUT2D eigenvalue weighted by molar-refractivity contribution is 7.93. The minimum absolute atomic E-state index is 0.0167. The average molecular weight is 472 g/mol. The van der Waals surface area contributed by atoms with Crippen molar-refractivity contribution in [2.24, 2.45) is 0 Å². The summed E-state index contributed by atoms with van der Waals surface area (Å²) in [6.45, 7) is 9.20. The van der Waals surface area contributed by atoms with Gasteiger partial charge in [0.2, 0.25) is 0 Å². The predicted molar refractivity (Wildman–Crippen MR) is 131 cm³/mol. The van der Waals surface area contributed by atoms with E-state index in [4.69, 9.17) is 0 Å². The molecule has 0 saturated carbocycles. The normalized spacial score (nSPS) is 11.5. The number of nitrogens with one attached hydrogen (secondary N) is 2. The number of anilines is 1. The van der Waals surface area contributed by atoms with Crippen LogP contribution in [0.4, 0.5) is 5.69 Å². The summed E-state index contributed by atoms with van der Waals surface area (Å²) in [5, 5.41) is 4.51. The van der Waals surface area contributed by atoms with E-state index in [-0.39, 0.29) is 9.77 Å². The van der Waals surface area contributed by atoms with Crippen LogP contribution in [0, 0.1) is 6.92 Å². The number of nitrogens with zero attached hydrogens (tertiary/aromatic N) is 1. The Labute approximate surface area is 194 Å². The molecule has 0 unspecified atom stereocenters. The first-order chi connectivity index (χ1) is 15.3. The molecule has 0 aliphatic carbocycles. The zero-order chi connectivity index (χ0) is 23.1. The van der Waals surface area contributed by atoms with Crippen LogP contribution < -0.4 is 10.0 Å². The van der Waals surface area contributed by atoms with Gasteiger partial charge in [0.1, 0.15) is 9.77 Å². The van der Waals surface area contributed by atoms with Gasteiger partial charge in [0.05, 0.1) is 0 Å². The summed E-state index contributed by atoms with van der Waals surface area (Å²) in [4.78, 5) is 15.3. The Kier molecular flexibility index (Phi) is 8.06. The van der Waals surface area contributed by atoms with Crippen molar-refractivity contribution in [3.63, 3.8) is 0 Å². The maximum absolute atomic E-state index is 12.9. The Morgan fingerprint density at radius 2 is 1.62 bits per heavy atom. The van der Waals surface area contributed by atoms with Gasteiger partial charge in [-0.25, -0.2) is 8.42 Å². The van der Waals surface area contributed by atoms with Gasteiger partial charge in [0.15, 0.2) is 0 Å². The molecule has 0 aliphatic rings. The Morgan fingerprint density at radius 3 is 2.28 bits per heavy atom. The summed E-state index contributed by atoms with van der Waals surface area (Å²) in [6.07, 6.45) is 0. The standard InChI is InChI=1S/C24H29N3O3S2/c1-4-27(5-2)17-20-9-7-6-8-19(20)16-25-24(28)23-22(14-15-31-23)32(29,30)26-21-12-10-18(3)11-13-21/h6-15,26H,4-5,16-17H2,1-3H3,(H,25,28). The first-order valence-electron chi connectivity index (χ1n) is 10.6. The van der Waals surface area contributed by atoms with Crippen LogP contribution in [0.15, 0.2) is 64.9 Å². The highest BCUT2D eigenvalue weighted by Gasteiger charge is 2.24. The summed E-state index contributed by atoms with van der Waals surface area (Å²) in [5.41, 5.74) is 3.66. The number of hydrogen-bond donors (Lipinski definition) is 2. The fourth-order valence-corrected chi connectivity index (χ4v) is 5.74. The topological polar surface area (TPSA) is 78.5 Å². The fraction of sp³-hybridized carbons (Fsp3) is 0.292. The number of amides is 1. The van der Waals surface area contributed by atoms with Crippen LogP contribution in [0.25, 0.3) is 0 Å². The molecule has 1 aromatic heterocycles. The molecular formula is C24H29N3O3S2. The van der Waals surface area contributed by atoms with E-state index >= 15 is 0 Å². The Balaban J connectivity index is 1.73. The highest BCUT2D eigenvalue weighted by Crippen LogP contribution is 2.25. The Morgan fingerprint density at radius 1 is 0.969 bits per heavy atom. The van der Waals surface area contributed by atoms with Crippen molar-refractivity contribution < 1.29 is 13.2 Å². The first kappa shape index (κ1) is 24.0. The number of sulfonamides is 1. The molecule has 2 N–H and O–H groups in total. The summed E-state index contributed by atoms with van der Waals surface area (Å²) < 4.78 is 28.4. The molecule has 170 valence electrons. The third-order valence-corrected chi connectivity index (χ3v) is 7.74. The Hall–Kier alpha value is -2.68. The molecule has 6 nitrogen and oxygen atoms in total. The van der Waals surface area contributed by atoms with Crippen LogP contribution in [0.3, 0.4) is 0 Å². The third kappa shape index (κ3) is 5.97. The maximum Gasteiger partial charge on any atom is 0.263 e. The summed E-state index contributed by atoms with van der Waals surface area (Å²) in [7, 11) is -3.88. The second-order valence-corrected chi connectivity index (χ2v) is 10.1. The molecule has 1 heterocycles. The van der Waals surface area contributed by atoms with Crippen molar-refractivity contribution in [1.82, 2.24) is 10.2 Å². The number of carbonyl (C=O) groups is 1. The van der Waals surface area contributed by atoms with Gasteiger partial charge in [-0.3, -0.25) is 14.4 Å². The number of thiophene rings is 1. The monoisotopic (exact) mass is 471 g/mol. The lowest BCUT2D eigenvalue weighted by molar-refractivity contribution is 0.0952. The minimum atomic E-state index is -3.88. The summed E-state index contributed by atoms with van der Waals surface area (Å²) >= 11 is 1.12. The van der Waals surface area contributed by atoms with Crippen molar-refractivity contribution in [3.05, 3.63) is 81.5 Å². The second kappa shape index (κ2) is 10.8. The quantitative estimate of drug-likeness (QED) is 0.452. The smallest absolute Gasteiger partial charge is 0.263 e. The van der Waals surface area contributed by atoms with E-state index in [0.717, 1.165) is 47.7 Å². The third-order valence-electron chi connectivity index (χ3n) is 5.27. The molecule has 0 radical (unpaired) electrons. The van der Waals surface area contributed by atoms with Crippen LogP contribution in [0.2, 0.25) is 0 Å². The number of carbonyl (C=O) groups excluding carboxylic acids is 1. The van der Waals surface area contributed by atoms with Crippen molar-refractivity contribution in [3.8, 4) is 0 Å². The molecule has 2 aromatic carbocycles. The maximum atomic E-state index is 12.9. The molecule has 3 rings (SSSR count). The van der Waals surface area contributed by atoms with Crippen LogP contribution >= 0.6 is 11.3 Å². The number of benzene rings is 2. The van der Waals surface area contributed by atoms with E-state index in [1.807, 2.05) is 37.3 Å². The van der Waals surface area contributed by atoms with E-state index in [1.54, 1.807) is 17.5 Å². The summed E-state index contributed by atoms with van der Waals surface area (Å²) in [5.74, 6) is -0.401. The number of hydrogen-bond acceptors (Lipinski definition) is 5. The summed E-state index contributed by atoms with van der Waals surface area (Å²) in [6, 6.07) is 16.5. The van der Waals surface area contributed by atoms with Gasteiger partial charge in [-0.15, -0.1) is 11.3 Å². The largest absolute Gasteiger partial charge is 0.347 e. The van der Waals surface area contributed by atoms with Crippen molar-refractivity contribution in [2.75, 3.05) is 17.8 Å². The second-order valence-electron chi connectivity index (χ2n) is 7.50. The molecule has 8 heteroatoms. The zero-order valence-electron chi connectivity index (χ0n) is 18.6. The molecule has 0 atom stereocenters.